The monoisotopic (exact) mass is 566 g/mol. The second-order valence-corrected chi connectivity index (χ2v) is 10.4. The smallest absolute Gasteiger partial charge is 0.296 e. The fraction of sp³-hybridized carbons (Fsp3) is 0.107. The molecule has 0 aliphatic carbocycles. The Morgan fingerprint density at radius 2 is 1.97 bits per heavy atom. The van der Waals surface area contributed by atoms with Crippen molar-refractivity contribution in [3.05, 3.63) is 99.5 Å². The van der Waals surface area contributed by atoms with E-state index >= 15 is 0 Å². The van der Waals surface area contributed by atoms with Gasteiger partial charge in [0.1, 0.15) is 11.3 Å². The quantitative estimate of drug-likeness (QED) is 0.229. The molecule has 1 atom stereocenters. The Kier molecular flexibility index (Phi) is 5.89. The molecule has 0 fully saturated rings. The van der Waals surface area contributed by atoms with E-state index in [1.54, 1.807) is 24.3 Å². The number of furan rings is 1. The first-order chi connectivity index (χ1) is 18.7. The number of amides is 1. The van der Waals surface area contributed by atoms with E-state index in [9.17, 15) is 23.5 Å². The number of carbonyl (C=O) groups is 2. The van der Waals surface area contributed by atoms with E-state index in [1.165, 1.54) is 19.2 Å². The van der Waals surface area contributed by atoms with Gasteiger partial charge in [-0.1, -0.05) is 52.8 Å². The van der Waals surface area contributed by atoms with E-state index in [1.807, 2.05) is 13.0 Å². The summed E-state index contributed by atoms with van der Waals surface area (Å²) in [6.07, 6.45) is 0. The third kappa shape index (κ3) is 4.03. The number of thiazole rings is 1. The number of aliphatic hydroxyl groups is 1. The zero-order chi connectivity index (χ0) is 27.6. The maximum atomic E-state index is 14.5. The third-order valence-electron chi connectivity index (χ3n) is 6.41. The van der Waals surface area contributed by atoms with Crippen LogP contribution in [-0.2, 0) is 4.79 Å². The van der Waals surface area contributed by atoms with Crippen molar-refractivity contribution in [2.45, 2.75) is 13.0 Å². The average Bonchev–Trinajstić information content (AvgIpc) is 3.57. The number of ketones is 1. The van der Waals surface area contributed by atoms with Gasteiger partial charge in [-0.05, 0) is 30.7 Å². The fourth-order valence-corrected chi connectivity index (χ4v) is 5.97. The molecule has 196 valence electrons. The number of benzene rings is 3. The van der Waals surface area contributed by atoms with Gasteiger partial charge in [-0.3, -0.25) is 14.5 Å². The van der Waals surface area contributed by atoms with Gasteiger partial charge in [-0.2, -0.15) is 0 Å². The van der Waals surface area contributed by atoms with Crippen LogP contribution >= 0.6 is 22.9 Å². The molecule has 0 bridgehead atoms. The number of ether oxygens (including phenoxy) is 1. The van der Waals surface area contributed by atoms with Crippen LogP contribution in [0.25, 0.3) is 21.2 Å². The van der Waals surface area contributed by atoms with E-state index in [0.29, 0.717) is 27.8 Å². The molecule has 2 aromatic heterocycles. The van der Waals surface area contributed by atoms with Gasteiger partial charge in [-0.25, -0.2) is 13.8 Å². The molecule has 0 saturated carbocycles. The number of Topliss-reactive ketones (excluding diaryl/α,β-unsaturated/α-hetero) is 1. The van der Waals surface area contributed by atoms with Crippen molar-refractivity contribution in [2.75, 3.05) is 12.0 Å². The standard InChI is InChI=1S/C28H17ClF2N2O5S/c1-12-4-3-5-13(6-12)23-21(24(34)18-8-14-7-15(29)9-19(37-2)26(14)38-18)25(35)27(36)33(23)28-32-22-17(31)10-16(30)11-20(22)39-28/h3-11,23,35H,1-2H3. The summed E-state index contributed by atoms with van der Waals surface area (Å²) in [5.74, 6) is -4.01. The summed E-state index contributed by atoms with van der Waals surface area (Å²) in [4.78, 5) is 32.7. The van der Waals surface area contributed by atoms with Crippen LogP contribution in [0, 0.1) is 18.6 Å². The van der Waals surface area contributed by atoms with Crippen molar-refractivity contribution in [1.82, 2.24) is 4.98 Å². The van der Waals surface area contributed by atoms with E-state index in [2.05, 4.69) is 4.98 Å². The van der Waals surface area contributed by atoms with Crippen LogP contribution in [0.5, 0.6) is 5.75 Å². The minimum atomic E-state index is -1.13. The highest BCUT2D eigenvalue weighted by molar-refractivity contribution is 7.22. The fourth-order valence-electron chi connectivity index (χ4n) is 4.72. The highest BCUT2D eigenvalue weighted by atomic mass is 35.5. The Bertz CT molecular complexity index is 1880. The zero-order valence-corrected chi connectivity index (χ0v) is 21.9. The lowest BCUT2D eigenvalue weighted by Gasteiger charge is -2.24. The van der Waals surface area contributed by atoms with Gasteiger partial charge < -0.3 is 14.3 Å². The second kappa shape index (κ2) is 9.18. The molecule has 1 amide bonds. The number of aromatic nitrogens is 1. The molecule has 1 aliphatic heterocycles. The average molecular weight is 567 g/mol. The van der Waals surface area contributed by atoms with Crippen molar-refractivity contribution >= 4 is 60.9 Å². The summed E-state index contributed by atoms with van der Waals surface area (Å²) in [5.41, 5.74) is 1.22. The molecule has 1 N–H and O–H groups in total. The summed E-state index contributed by atoms with van der Waals surface area (Å²) < 4.78 is 39.6. The molecule has 5 aromatic rings. The number of nitrogens with zero attached hydrogens (tertiary/aromatic N) is 2. The minimum Gasteiger partial charge on any atom is -0.503 e. The van der Waals surface area contributed by atoms with Gasteiger partial charge in [0, 0.05) is 22.5 Å². The molecule has 0 radical (unpaired) electrons. The predicted molar refractivity (Wildman–Crippen MR) is 143 cm³/mol. The number of rotatable bonds is 5. The Labute approximate surface area is 228 Å². The second-order valence-electron chi connectivity index (χ2n) is 8.95. The van der Waals surface area contributed by atoms with Gasteiger partial charge in [-0.15, -0.1) is 0 Å². The number of aryl methyl sites for hydroxylation is 1. The Hall–Kier alpha value is -4.28. The van der Waals surface area contributed by atoms with Gasteiger partial charge in [0.2, 0.25) is 5.78 Å². The maximum Gasteiger partial charge on any atom is 0.296 e. The van der Waals surface area contributed by atoms with Crippen molar-refractivity contribution in [3.8, 4) is 5.75 Å². The number of hydrogen-bond donors (Lipinski definition) is 1. The Balaban J connectivity index is 1.52. The van der Waals surface area contributed by atoms with E-state index in [4.69, 9.17) is 20.8 Å². The number of anilines is 1. The number of carbonyl (C=O) groups excluding carboxylic acids is 2. The lowest BCUT2D eigenvalue weighted by Crippen LogP contribution is -2.31. The molecule has 6 rings (SSSR count). The summed E-state index contributed by atoms with van der Waals surface area (Å²) in [7, 11) is 1.43. The van der Waals surface area contributed by atoms with Crippen LogP contribution in [0.3, 0.4) is 0 Å². The van der Waals surface area contributed by atoms with Crippen LogP contribution in [0.2, 0.25) is 5.02 Å². The first kappa shape index (κ1) is 25.0. The molecule has 1 aliphatic rings. The zero-order valence-electron chi connectivity index (χ0n) is 20.3. The van der Waals surface area contributed by atoms with Gasteiger partial charge in [0.05, 0.1) is 23.4 Å². The topological polar surface area (TPSA) is 92.9 Å². The van der Waals surface area contributed by atoms with Crippen LogP contribution in [0.4, 0.5) is 13.9 Å². The van der Waals surface area contributed by atoms with Crippen LogP contribution in [0.1, 0.15) is 27.7 Å². The van der Waals surface area contributed by atoms with E-state index in [-0.39, 0.29) is 32.3 Å². The Morgan fingerprint density at radius 1 is 1.18 bits per heavy atom. The minimum absolute atomic E-state index is 0.0154. The lowest BCUT2D eigenvalue weighted by molar-refractivity contribution is -0.117. The molecule has 3 aromatic carbocycles. The van der Waals surface area contributed by atoms with Crippen molar-refractivity contribution < 1.29 is 32.6 Å². The molecule has 7 nitrogen and oxygen atoms in total. The predicted octanol–water partition coefficient (Wildman–Crippen LogP) is 7.07. The van der Waals surface area contributed by atoms with Gasteiger partial charge in [0.25, 0.3) is 5.91 Å². The maximum absolute atomic E-state index is 14.5. The summed E-state index contributed by atoms with van der Waals surface area (Å²) in [5, 5.41) is 11.9. The highest BCUT2D eigenvalue weighted by Gasteiger charge is 2.46. The van der Waals surface area contributed by atoms with Crippen molar-refractivity contribution in [3.63, 3.8) is 0 Å². The SMILES string of the molecule is COc1cc(Cl)cc2cc(C(=O)C3=C(O)C(=O)N(c4nc5c(F)cc(F)cc5s4)C3c3cccc(C)c3)oc12. The largest absolute Gasteiger partial charge is 0.503 e. The summed E-state index contributed by atoms with van der Waals surface area (Å²) in [6.45, 7) is 1.83. The molecule has 0 spiro atoms. The van der Waals surface area contributed by atoms with E-state index in [0.717, 1.165) is 27.9 Å². The number of fused-ring (bicyclic) bond motifs is 2. The lowest BCUT2D eigenvalue weighted by atomic mass is 9.94. The summed E-state index contributed by atoms with van der Waals surface area (Å²) in [6, 6.07) is 12.3. The van der Waals surface area contributed by atoms with Gasteiger partial charge >= 0.3 is 0 Å². The molecule has 1 unspecified atom stereocenters. The van der Waals surface area contributed by atoms with Gasteiger partial charge in [0.15, 0.2) is 33.8 Å². The van der Waals surface area contributed by atoms with Crippen molar-refractivity contribution in [2.24, 2.45) is 0 Å². The number of hydrogen-bond acceptors (Lipinski definition) is 7. The third-order valence-corrected chi connectivity index (χ3v) is 7.63. The molecule has 3 heterocycles. The van der Waals surface area contributed by atoms with Crippen LogP contribution in [-0.4, -0.2) is 28.9 Å². The number of aliphatic hydroxyl groups excluding tert-OH is 1. The van der Waals surface area contributed by atoms with Crippen LogP contribution < -0.4 is 9.64 Å². The molecule has 39 heavy (non-hydrogen) atoms. The first-order valence-corrected chi connectivity index (χ1v) is 12.8. The number of methoxy groups -OCH3 is 1. The molecular formula is C28H17ClF2N2O5S. The first-order valence-electron chi connectivity index (χ1n) is 11.6. The molecule has 11 heteroatoms. The van der Waals surface area contributed by atoms with E-state index < -0.39 is 35.1 Å². The highest BCUT2D eigenvalue weighted by Crippen LogP contribution is 2.45. The normalized spacial score (nSPS) is 15.7. The molecular weight excluding hydrogens is 550 g/mol. The number of halogens is 3. The molecule has 0 saturated heterocycles. The Morgan fingerprint density at radius 3 is 2.72 bits per heavy atom. The van der Waals surface area contributed by atoms with Crippen molar-refractivity contribution in [1.29, 1.82) is 0 Å². The summed E-state index contributed by atoms with van der Waals surface area (Å²) >= 11 is 7.02. The van der Waals surface area contributed by atoms with Crippen LogP contribution in [0.15, 0.2) is 70.3 Å².